The third-order valence-corrected chi connectivity index (χ3v) is 2.48. The molecule has 0 bridgehead atoms. The van der Waals surface area contributed by atoms with E-state index < -0.39 is 30.5 Å². The second-order valence-electron chi connectivity index (χ2n) is 5.84. The molecule has 1 aromatic rings. The van der Waals surface area contributed by atoms with Crippen LogP contribution >= 0.6 is 0 Å². The molecule has 0 aliphatic carbocycles. The zero-order valence-electron chi connectivity index (χ0n) is 12.6. The van der Waals surface area contributed by atoms with Gasteiger partial charge in [-0.1, -0.05) is 6.07 Å². The molecule has 8 heteroatoms. The van der Waals surface area contributed by atoms with Gasteiger partial charge in [-0.2, -0.15) is 13.2 Å². The van der Waals surface area contributed by atoms with Gasteiger partial charge in [0.2, 0.25) is 0 Å². The highest BCUT2D eigenvalue weighted by molar-refractivity contribution is 5.68. The lowest BCUT2D eigenvalue weighted by atomic mass is 10.1. The van der Waals surface area contributed by atoms with Crippen LogP contribution in [0, 0.1) is 0 Å². The Balaban J connectivity index is 2.68. The second-order valence-corrected chi connectivity index (χ2v) is 5.84. The van der Waals surface area contributed by atoms with E-state index in [-0.39, 0.29) is 5.69 Å². The Kier molecular flexibility index (Phi) is 5.51. The van der Waals surface area contributed by atoms with Crippen LogP contribution in [0.2, 0.25) is 0 Å². The van der Waals surface area contributed by atoms with Crippen molar-refractivity contribution in [3.05, 3.63) is 24.3 Å². The van der Waals surface area contributed by atoms with Gasteiger partial charge in [0.25, 0.3) is 0 Å². The molecule has 22 heavy (non-hydrogen) atoms. The largest absolute Gasteiger partial charge is 0.447 e. The maximum absolute atomic E-state index is 13.0. The highest BCUT2D eigenvalue weighted by atomic mass is 19.4. The van der Waals surface area contributed by atoms with Gasteiger partial charge in [0.05, 0.1) is 0 Å². The summed E-state index contributed by atoms with van der Waals surface area (Å²) in [5.41, 5.74) is 5.45. The van der Waals surface area contributed by atoms with Crippen molar-refractivity contribution in [2.24, 2.45) is 0 Å². The Morgan fingerprint density at radius 3 is 2.45 bits per heavy atom. The predicted molar refractivity (Wildman–Crippen MR) is 78.6 cm³/mol. The lowest BCUT2D eigenvalue weighted by molar-refractivity contribution is -0.149. The molecule has 0 aliphatic heterocycles. The zero-order valence-corrected chi connectivity index (χ0v) is 12.6. The van der Waals surface area contributed by atoms with Gasteiger partial charge in [0.15, 0.2) is 6.04 Å². The van der Waals surface area contributed by atoms with Crippen molar-refractivity contribution in [3.63, 3.8) is 0 Å². The number of nitrogens with two attached hydrogens (primary N) is 1. The summed E-state index contributed by atoms with van der Waals surface area (Å²) in [4.78, 5) is 11.4. The second kappa shape index (κ2) is 6.76. The van der Waals surface area contributed by atoms with Gasteiger partial charge in [-0.15, -0.1) is 0 Å². The summed E-state index contributed by atoms with van der Waals surface area (Å²) in [6.07, 6.45) is -5.48. The van der Waals surface area contributed by atoms with Crippen LogP contribution < -0.4 is 16.4 Å². The quantitative estimate of drug-likeness (QED) is 0.745. The van der Waals surface area contributed by atoms with E-state index in [0.717, 1.165) is 0 Å². The van der Waals surface area contributed by atoms with Crippen LogP contribution in [0.3, 0.4) is 0 Å². The Morgan fingerprint density at radius 2 is 1.95 bits per heavy atom. The van der Waals surface area contributed by atoms with Crippen LogP contribution in [0.4, 0.5) is 29.3 Å². The van der Waals surface area contributed by atoms with Crippen LogP contribution in [0.15, 0.2) is 24.3 Å². The molecule has 1 unspecified atom stereocenters. The molecular weight excluding hydrogens is 299 g/mol. The number of hydrogen-bond acceptors (Lipinski definition) is 4. The van der Waals surface area contributed by atoms with Gasteiger partial charge in [0, 0.05) is 16.9 Å². The van der Waals surface area contributed by atoms with Crippen molar-refractivity contribution in [2.75, 3.05) is 17.7 Å². The zero-order chi connectivity index (χ0) is 17.0. The van der Waals surface area contributed by atoms with Crippen LogP contribution in [0.1, 0.15) is 20.8 Å². The highest BCUT2D eigenvalue weighted by Crippen LogP contribution is 2.25. The highest BCUT2D eigenvalue weighted by Gasteiger charge is 2.40. The third kappa shape index (κ3) is 6.55. The van der Waals surface area contributed by atoms with Crippen LogP contribution in [0.5, 0.6) is 0 Å². The Labute approximate surface area is 127 Å². The molecule has 0 fully saturated rings. The molecule has 1 atom stereocenters. The fourth-order valence-electron chi connectivity index (χ4n) is 1.55. The number of hydrogen-bond donors (Lipinski definition) is 3. The van der Waals surface area contributed by atoms with Crippen molar-refractivity contribution in [3.8, 4) is 0 Å². The standard InChI is InChI=1S/C14H20F3N3O2/c1-13(2,3)20-12(21)22-8-11(14(15,16)17)19-10-6-4-5-9(18)7-10/h4-7,11,19H,8,18H2,1-3H3,(H,20,21). The number of rotatable bonds is 4. The van der Waals surface area contributed by atoms with Crippen molar-refractivity contribution in [2.45, 2.75) is 38.5 Å². The molecule has 0 saturated carbocycles. The van der Waals surface area contributed by atoms with Gasteiger partial charge >= 0.3 is 12.3 Å². The van der Waals surface area contributed by atoms with Gasteiger partial charge < -0.3 is 21.1 Å². The number of carbonyl (C=O) groups is 1. The summed E-state index contributed by atoms with van der Waals surface area (Å²) >= 11 is 0. The minimum absolute atomic E-state index is 0.196. The van der Waals surface area contributed by atoms with E-state index in [2.05, 4.69) is 15.4 Å². The number of nitrogen functional groups attached to an aromatic ring is 1. The number of alkyl carbamates (subject to hydrolysis) is 1. The third-order valence-electron chi connectivity index (χ3n) is 2.48. The number of amides is 1. The van der Waals surface area contributed by atoms with Crippen molar-refractivity contribution >= 4 is 17.5 Å². The number of benzene rings is 1. The van der Waals surface area contributed by atoms with Gasteiger partial charge in [0.1, 0.15) is 6.61 Å². The van der Waals surface area contributed by atoms with Gasteiger partial charge in [-0.05, 0) is 39.0 Å². The molecule has 1 amide bonds. The lowest BCUT2D eigenvalue weighted by Gasteiger charge is -2.24. The molecule has 0 aliphatic rings. The van der Waals surface area contributed by atoms with E-state index in [1.807, 2.05) is 0 Å². The Morgan fingerprint density at radius 1 is 1.32 bits per heavy atom. The molecule has 124 valence electrons. The SMILES string of the molecule is CC(C)(C)NC(=O)OCC(Nc1cccc(N)c1)C(F)(F)F. The molecular formula is C14H20F3N3O2. The first-order chi connectivity index (χ1) is 9.97. The maximum Gasteiger partial charge on any atom is 0.411 e. The molecule has 0 spiro atoms. The molecule has 0 heterocycles. The van der Waals surface area contributed by atoms with Crippen LogP contribution in [0.25, 0.3) is 0 Å². The number of carbonyl (C=O) groups excluding carboxylic acids is 1. The fraction of sp³-hybridized carbons (Fsp3) is 0.500. The number of halogens is 3. The van der Waals surface area contributed by atoms with E-state index >= 15 is 0 Å². The summed E-state index contributed by atoms with van der Waals surface area (Å²) in [5, 5.41) is 4.69. The maximum atomic E-state index is 13.0. The normalized spacial score (nSPS) is 13.4. The van der Waals surface area contributed by atoms with Gasteiger partial charge in [-0.25, -0.2) is 4.79 Å². The molecule has 1 rings (SSSR count). The van der Waals surface area contributed by atoms with E-state index in [1.165, 1.54) is 18.2 Å². The first kappa shape index (κ1) is 17.9. The van der Waals surface area contributed by atoms with E-state index in [4.69, 9.17) is 5.73 Å². The van der Waals surface area contributed by atoms with Crippen LogP contribution in [-0.4, -0.2) is 30.5 Å². The summed E-state index contributed by atoms with van der Waals surface area (Å²) < 4.78 is 43.6. The summed E-state index contributed by atoms with van der Waals surface area (Å²) in [5.74, 6) is 0. The fourth-order valence-corrected chi connectivity index (χ4v) is 1.55. The molecule has 0 saturated heterocycles. The van der Waals surface area contributed by atoms with Crippen molar-refractivity contribution in [1.29, 1.82) is 0 Å². The summed E-state index contributed by atoms with van der Waals surface area (Å²) in [7, 11) is 0. The Bertz CT molecular complexity index is 513. The first-order valence-electron chi connectivity index (χ1n) is 6.61. The van der Waals surface area contributed by atoms with E-state index in [0.29, 0.717) is 5.69 Å². The molecule has 0 radical (unpaired) electrons. The van der Waals surface area contributed by atoms with Gasteiger partial charge in [-0.3, -0.25) is 0 Å². The number of anilines is 2. The lowest BCUT2D eigenvalue weighted by Crippen LogP contribution is -2.45. The predicted octanol–water partition coefficient (Wildman–Crippen LogP) is 3.14. The molecule has 0 aromatic heterocycles. The first-order valence-corrected chi connectivity index (χ1v) is 6.61. The number of ether oxygens (including phenoxy) is 1. The Hall–Kier alpha value is -2.12. The van der Waals surface area contributed by atoms with E-state index in [9.17, 15) is 18.0 Å². The average molecular weight is 319 g/mol. The number of nitrogens with one attached hydrogen (secondary N) is 2. The average Bonchev–Trinajstić information content (AvgIpc) is 2.30. The smallest absolute Gasteiger partial charge is 0.411 e. The number of alkyl halides is 3. The van der Waals surface area contributed by atoms with Crippen molar-refractivity contribution < 1.29 is 22.7 Å². The minimum Gasteiger partial charge on any atom is -0.447 e. The minimum atomic E-state index is -4.58. The van der Waals surface area contributed by atoms with Crippen LogP contribution in [-0.2, 0) is 4.74 Å². The molecule has 1 aromatic carbocycles. The topological polar surface area (TPSA) is 76.4 Å². The molecule has 5 nitrogen and oxygen atoms in total. The monoisotopic (exact) mass is 319 g/mol. The summed E-state index contributed by atoms with van der Waals surface area (Å²) in [6.45, 7) is 4.24. The van der Waals surface area contributed by atoms with Crippen molar-refractivity contribution in [1.82, 2.24) is 5.32 Å². The molecule has 4 N–H and O–H groups in total. The summed E-state index contributed by atoms with van der Waals surface area (Å²) in [6, 6.07) is 3.87. The van der Waals surface area contributed by atoms with E-state index in [1.54, 1.807) is 26.8 Å².